The lowest BCUT2D eigenvalue weighted by atomic mass is 9.88. The van der Waals surface area contributed by atoms with Crippen LogP contribution in [-0.4, -0.2) is 0 Å². The molecule has 8 aromatic carbocycles. The Labute approximate surface area is 291 Å². The average Bonchev–Trinajstić information content (AvgIpc) is 3.53. The Hall–Kier alpha value is -6.32. The molecule has 3 nitrogen and oxygen atoms in total. The van der Waals surface area contributed by atoms with E-state index in [0.717, 1.165) is 44.7 Å². The molecule has 9 aromatic rings. The molecule has 0 amide bonds. The van der Waals surface area contributed by atoms with Crippen molar-refractivity contribution < 1.29 is 4.42 Å². The van der Waals surface area contributed by atoms with E-state index >= 15 is 0 Å². The molecule has 3 heteroatoms. The van der Waals surface area contributed by atoms with E-state index < -0.39 is 0 Å². The molecule has 1 aliphatic heterocycles. The van der Waals surface area contributed by atoms with Gasteiger partial charge in [0.15, 0.2) is 0 Å². The molecule has 2 heterocycles. The van der Waals surface area contributed by atoms with Crippen LogP contribution in [0.4, 0.5) is 34.1 Å². The maximum absolute atomic E-state index is 7.05. The van der Waals surface area contributed by atoms with Crippen LogP contribution in [0.3, 0.4) is 0 Å². The van der Waals surface area contributed by atoms with Crippen molar-refractivity contribution in [2.45, 2.75) is 20.8 Å². The van der Waals surface area contributed by atoms with Crippen molar-refractivity contribution in [1.29, 1.82) is 0 Å². The topological polar surface area (TPSA) is 19.6 Å². The molecule has 0 spiro atoms. The summed E-state index contributed by atoms with van der Waals surface area (Å²) in [4.78, 5) is 4.83. The van der Waals surface area contributed by atoms with Gasteiger partial charge in [0, 0.05) is 56.3 Å². The molecule has 50 heavy (non-hydrogen) atoms. The number of rotatable bonds is 4. The molecule has 10 rings (SSSR count). The molecule has 0 saturated carbocycles. The maximum atomic E-state index is 7.05. The van der Waals surface area contributed by atoms with Gasteiger partial charge < -0.3 is 14.2 Å². The zero-order chi connectivity index (χ0) is 33.5. The average molecular weight is 643 g/mol. The minimum Gasteiger partial charge on any atom is -0.456 e. The van der Waals surface area contributed by atoms with Gasteiger partial charge in [0.1, 0.15) is 11.2 Å². The summed E-state index contributed by atoms with van der Waals surface area (Å²) in [6, 6.07) is 54.8. The lowest BCUT2D eigenvalue weighted by Gasteiger charge is -2.34. The highest BCUT2D eigenvalue weighted by atomic mass is 16.3. The van der Waals surface area contributed by atoms with E-state index in [-0.39, 0.29) is 0 Å². The summed E-state index contributed by atoms with van der Waals surface area (Å²) in [6.45, 7) is 6.57. The fourth-order valence-electron chi connectivity index (χ4n) is 8.27. The minimum absolute atomic E-state index is 0.879. The van der Waals surface area contributed by atoms with E-state index in [1.807, 2.05) is 0 Å². The number of nitrogens with zero attached hydrogens (tertiary/aromatic N) is 2. The van der Waals surface area contributed by atoms with E-state index in [1.54, 1.807) is 0 Å². The highest BCUT2D eigenvalue weighted by Crippen LogP contribution is 2.55. The molecule has 1 aromatic heterocycles. The Balaban J connectivity index is 1.34. The monoisotopic (exact) mass is 642 g/mol. The van der Waals surface area contributed by atoms with E-state index in [4.69, 9.17) is 4.42 Å². The summed E-state index contributed by atoms with van der Waals surface area (Å²) >= 11 is 0. The van der Waals surface area contributed by atoms with E-state index in [2.05, 4.69) is 182 Å². The van der Waals surface area contributed by atoms with Gasteiger partial charge in [-0.2, -0.15) is 0 Å². The molecule has 238 valence electrons. The lowest BCUT2D eigenvalue weighted by Crippen LogP contribution is -2.16. The van der Waals surface area contributed by atoms with Crippen LogP contribution in [0, 0.1) is 20.8 Å². The summed E-state index contributed by atoms with van der Waals surface area (Å²) in [5.41, 5.74) is 14.8. The third-order valence-corrected chi connectivity index (χ3v) is 10.5. The van der Waals surface area contributed by atoms with Crippen molar-refractivity contribution in [2.24, 2.45) is 0 Å². The van der Waals surface area contributed by atoms with Gasteiger partial charge in [0.05, 0.1) is 17.1 Å². The first-order valence-electron chi connectivity index (χ1n) is 17.3. The SMILES string of the molecule is Cc1ccccc1N(c1ccccc1C)c1cc2oc3cc4c5c(cccc5c3c2c2ccccc12)-c1ccccc1N4c1ccccc1C. The van der Waals surface area contributed by atoms with Crippen LogP contribution in [0.2, 0.25) is 0 Å². The van der Waals surface area contributed by atoms with Crippen LogP contribution >= 0.6 is 0 Å². The molecular formula is C47H34N2O. The first kappa shape index (κ1) is 28.7. The predicted octanol–water partition coefficient (Wildman–Crippen LogP) is 13.7. The minimum atomic E-state index is 0.879. The van der Waals surface area contributed by atoms with Crippen molar-refractivity contribution in [3.05, 3.63) is 168 Å². The number of para-hydroxylation sites is 4. The Bertz CT molecular complexity index is 2780. The van der Waals surface area contributed by atoms with Gasteiger partial charge in [-0.05, 0) is 78.1 Å². The first-order chi connectivity index (χ1) is 24.6. The summed E-state index contributed by atoms with van der Waals surface area (Å²) < 4.78 is 7.05. The van der Waals surface area contributed by atoms with Crippen molar-refractivity contribution >= 4 is 77.6 Å². The van der Waals surface area contributed by atoms with Gasteiger partial charge in [0.2, 0.25) is 0 Å². The van der Waals surface area contributed by atoms with E-state index in [0.29, 0.717) is 0 Å². The third kappa shape index (κ3) is 4.04. The number of hydrogen-bond donors (Lipinski definition) is 0. The Morgan fingerprint density at radius 2 is 0.940 bits per heavy atom. The molecule has 0 unspecified atom stereocenters. The molecule has 0 N–H and O–H groups in total. The smallest absolute Gasteiger partial charge is 0.138 e. The van der Waals surface area contributed by atoms with Crippen LogP contribution in [0.25, 0.3) is 54.6 Å². The highest BCUT2D eigenvalue weighted by Gasteiger charge is 2.30. The van der Waals surface area contributed by atoms with Crippen LogP contribution in [0.1, 0.15) is 16.7 Å². The van der Waals surface area contributed by atoms with E-state index in [1.165, 1.54) is 60.7 Å². The van der Waals surface area contributed by atoms with Crippen LogP contribution in [-0.2, 0) is 0 Å². The Morgan fingerprint density at radius 3 is 1.66 bits per heavy atom. The number of benzene rings is 8. The number of anilines is 6. The molecular weight excluding hydrogens is 609 g/mol. The molecule has 1 aliphatic rings. The van der Waals surface area contributed by atoms with Gasteiger partial charge in [-0.25, -0.2) is 0 Å². The largest absolute Gasteiger partial charge is 0.456 e. The normalized spacial score (nSPS) is 12.3. The lowest BCUT2D eigenvalue weighted by molar-refractivity contribution is 0.669. The first-order valence-corrected chi connectivity index (χ1v) is 17.3. The van der Waals surface area contributed by atoms with Gasteiger partial charge in [-0.1, -0.05) is 115 Å². The number of hydrogen-bond acceptors (Lipinski definition) is 3. The molecule has 0 bridgehead atoms. The summed E-state index contributed by atoms with van der Waals surface area (Å²) in [7, 11) is 0. The quantitative estimate of drug-likeness (QED) is 0.190. The van der Waals surface area contributed by atoms with Crippen LogP contribution < -0.4 is 9.80 Å². The van der Waals surface area contributed by atoms with Gasteiger partial charge in [0.25, 0.3) is 0 Å². The predicted molar refractivity (Wildman–Crippen MR) is 211 cm³/mol. The number of furan rings is 1. The van der Waals surface area contributed by atoms with Crippen molar-refractivity contribution in [3.8, 4) is 11.1 Å². The van der Waals surface area contributed by atoms with Crippen molar-refractivity contribution in [3.63, 3.8) is 0 Å². The van der Waals surface area contributed by atoms with Crippen LogP contribution in [0.5, 0.6) is 0 Å². The Kier molecular flexibility index (Phi) is 6.22. The second kappa shape index (κ2) is 10.8. The second-order valence-corrected chi connectivity index (χ2v) is 13.5. The summed E-state index contributed by atoms with van der Waals surface area (Å²) in [6.07, 6.45) is 0. The highest BCUT2D eigenvalue weighted by molar-refractivity contribution is 6.32. The fourth-order valence-corrected chi connectivity index (χ4v) is 8.27. The fraction of sp³-hybridized carbons (Fsp3) is 0.0638. The second-order valence-electron chi connectivity index (χ2n) is 13.5. The zero-order valence-corrected chi connectivity index (χ0v) is 28.2. The molecule has 0 saturated heterocycles. The standard InChI is InChI=1S/C47H34N2O/c1-29-15-4-10-23-37(29)48(38-24-11-5-16-30(38)2)41-27-43-46(35-20-8-7-19-33(35)41)47-36-22-14-21-34-32-18-9-13-26-40(32)49(39-25-12-6-17-31(39)3)42(45(34)36)28-44(47)50-43/h4-28H,1-3H3. The maximum Gasteiger partial charge on any atom is 0.138 e. The number of fused-ring (bicyclic) bond motifs is 8. The molecule has 0 fully saturated rings. The number of aryl methyl sites for hydroxylation is 3. The zero-order valence-electron chi connectivity index (χ0n) is 28.2. The van der Waals surface area contributed by atoms with Crippen molar-refractivity contribution in [1.82, 2.24) is 0 Å². The van der Waals surface area contributed by atoms with Gasteiger partial charge in [-0.3, -0.25) is 0 Å². The van der Waals surface area contributed by atoms with E-state index in [9.17, 15) is 0 Å². The summed E-state index contributed by atoms with van der Waals surface area (Å²) in [5.74, 6) is 0. The van der Waals surface area contributed by atoms with Crippen molar-refractivity contribution in [2.75, 3.05) is 9.80 Å². The van der Waals surface area contributed by atoms with Gasteiger partial charge >= 0.3 is 0 Å². The summed E-state index contributed by atoms with van der Waals surface area (Å²) in [5, 5.41) is 7.12. The Morgan fingerprint density at radius 1 is 0.400 bits per heavy atom. The van der Waals surface area contributed by atoms with Gasteiger partial charge in [-0.15, -0.1) is 0 Å². The molecule has 0 aliphatic carbocycles. The third-order valence-electron chi connectivity index (χ3n) is 10.5. The van der Waals surface area contributed by atoms with Crippen LogP contribution in [0.15, 0.2) is 156 Å². The molecule has 0 atom stereocenters. The molecule has 0 radical (unpaired) electrons.